The zero-order chi connectivity index (χ0) is 19.5. The van der Waals surface area contributed by atoms with Gasteiger partial charge in [0.1, 0.15) is 11.9 Å². The number of hydrogen-bond acceptors (Lipinski definition) is 4. The van der Waals surface area contributed by atoms with E-state index in [2.05, 4.69) is 15.9 Å². The zero-order valence-corrected chi connectivity index (χ0v) is 15.7. The number of nitriles is 1. The van der Waals surface area contributed by atoms with Gasteiger partial charge in [0.25, 0.3) is 5.91 Å². The number of carbonyl (C=O) groups excluding carboxylic acids is 1. The maximum absolute atomic E-state index is 12.7. The van der Waals surface area contributed by atoms with Crippen molar-refractivity contribution < 1.29 is 4.79 Å². The Morgan fingerprint density at radius 2 is 1.89 bits per heavy atom. The first-order chi connectivity index (χ1) is 13.7. The van der Waals surface area contributed by atoms with Gasteiger partial charge < -0.3 is 0 Å². The van der Waals surface area contributed by atoms with Crippen molar-refractivity contribution in [2.45, 2.75) is 31.7 Å². The Morgan fingerprint density at radius 1 is 1.14 bits per heavy atom. The van der Waals surface area contributed by atoms with Gasteiger partial charge in [-0.15, -0.1) is 0 Å². The molecule has 0 spiro atoms. The molecule has 1 aromatic carbocycles. The first-order valence-electron chi connectivity index (χ1n) is 9.45. The lowest BCUT2D eigenvalue weighted by molar-refractivity contribution is 0.0992. The number of amides is 1. The Balaban J connectivity index is 1.49. The molecule has 0 N–H and O–H groups in total. The summed E-state index contributed by atoms with van der Waals surface area (Å²) < 4.78 is 2.08. The predicted molar refractivity (Wildman–Crippen MR) is 107 cm³/mol. The van der Waals surface area contributed by atoms with Gasteiger partial charge in [-0.25, -0.2) is 4.98 Å². The zero-order valence-electron chi connectivity index (χ0n) is 15.7. The molecule has 140 valence electrons. The lowest BCUT2D eigenvalue weighted by Crippen LogP contribution is -2.27. The third kappa shape index (κ3) is 3.52. The highest BCUT2D eigenvalue weighted by molar-refractivity contribution is 6.05. The largest absolute Gasteiger partial charge is 0.296 e. The van der Waals surface area contributed by atoms with Crippen molar-refractivity contribution in [3.63, 3.8) is 0 Å². The second-order valence-electron chi connectivity index (χ2n) is 7.08. The molecule has 1 amide bonds. The lowest BCUT2D eigenvalue weighted by atomic mass is 10.1. The third-order valence-corrected chi connectivity index (χ3v) is 5.26. The minimum atomic E-state index is -0.153. The number of anilines is 1. The summed E-state index contributed by atoms with van der Waals surface area (Å²) in [6.07, 6.45) is 8.46. The van der Waals surface area contributed by atoms with Crippen LogP contribution in [-0.2, 0) is 0 Å². The number of nitrogens with zero attached hydrogens (tertiary/aromatic N) is 5. The van der Waals surface area contributed by atoms with E-state index in [1.807, 2.05) is 36.4 Å². The Kier molecular flexibility index (Phi) is 4.90. The molecule has 1 aliphatic rings. The fraction of sp³-hybridized carbons (Fsp3) is 0.273. The summed E-state index contributed by atoms with van der Waals surface area (Å²) >= 11 is 0. The predicted octanol–water partition coefficient (Wildman–Crippen LogP) is 4.21. The standard InChI is InChI=1S/C22H21N5O/c1-26(21-11-6-16(14-23)15-24-21)22(28)18-9-7-17(8-10-18)20-12-13-27(25-20)19-4-2-3-5-19/h6-13,15,19H,2-5H2,1H3. The molecule has 2 heterocycles. The molecule has 4 rings (SSSR count). The van der Waals surface area contributed by atoms with Gasteiger partial charge in [-0.1, -0.05) is 25.0 Å². The van der Waals surface area contributed by atoms with Gasteiger partial charge in [0.15, 0.2) is 0 Å². The molecule has 0 atom stereocenters. The summed E-state index contributed by atoms with van der Waals surface area (Å²) in [4.78, 5) is 18.4. The molecular formula is C22H21N5O. The molecule has 2 aromatic heterocycles. The highest BCUT2D eigenvalue weighted by atomic mass is 16.2. The Bertz CT molecular complexity index is 1010. The topological polar surface area (TPSA) is 74.8 Å². The molecule has 0 radical (unpaired) electrons. The first kappa shape index (κ1) is 17.9. The van der Waals surface area contributed by atoms with Crippen molar-refractivity contribution >= 4 is 11.7 Å². The van der Waals surface area contributed by atoms with Crippen LogP contribution in [0.25, 0.3) is 11.3 Å². The van der Waals surface area contributed by atoms with Crippen molar-refractivity contribution in [1.82, 2.24) is 14.8 Å². The van der Waals surface area contributed by atoms with Crippen LogP contribution in [0.15, 0.2) is 54.9 Å². The van der Waals surface area contributed by atoms with E-state index in [1.54, 1.807) is 19.2 Å². The van der Waals surface area contributed by atoms with E-state index in [-0.39, 0.29) is 5.91 Å². The second kappa shape index (κ2) is 7.65. The summed E-state index contributed by atoms with van der Waals surface area (Å²) in [5.74, 6) is 0.351. The molecule has 0 aliphatic heterocycles. The van der Waals surface area contributed by atoms with Gasteiger partial charge in [-0.3, -0.25) is 14.4 Å². The molecular weight excluding hydrogens is 350 g/mol. The molecule has 0 unspecified atom stereocenters. The van der Waals surface area contributed by atoms with Gasteiger partial charge >= 0.3 is 0 Å². The highest BCUT2D eigenvalue weighted by Crippen LogP contribution is 2.30. The number of rotatable bonds is 4. The van der Waals surface area contributed by atoms with E-state index in [0.29, 0.717) is 23.0 Å². The van der Waals surface area contributed by atoms with Crippen LogP contribution < -0.4 is 4.90 Å². The molecule has 1 fully saturated rings. The van der Waals surface area contributed by atoms with Crippen LogP contribution in [0, 0.1) is 11.3 Å². The summed E-state index contributed by atoms with van der Waals surface area (Å²) in [6, 6.07) is 15.4. The molecule has 3 aromatic rings. The van der Waals surface area contributed by atoms with Crippen molar-refractivity contribution in [3.8, 4) is 17.3 Å². The minimum Gasteiger partial charge on any atom is -0.296 e. The molecule has 1 aliphatic carbocycles. The van der Waals surface area contributed by atoms with Crippen LogP contribution in [0.3, 0.4) is 0 Å². The maximum atomic E-state index is 12.7. The molecule has 6 nitrogen and oxygen atoms in total. The van der Waals surface area contributed by atoms with E-state index in [0.717, 1.165) is 11.3 Å². The number of benzene rings is 1. The van der Waals surface area contributed by atoms with Crippen LogP contribution in [0.4, 0.5) is 5.82 Å². The number of pyridine rings is 1. The summed E-state index contributed by atoms with van der Waals surface area (Å²) in [5, 5.41) is 13.6. The quantitative estimate of drug-likeness (QED) is 0.688. The molecule has 6 heteroatoms. The van der Waals surface area contributed by atoms with Gasteiger partial charge in [0.05, 0.1) is 17.3 Å². The number of hydrogen-bond donors (Lipinski definition) is 0. The SMILES string of the molecule is CN(C(=O)c1ccc(-c2ccn(C3CCCC3)n2)cc1)c1ccc(C#N)cn1. The van der Waals surface area contributed by atoms with E-state index in [4.69, 9.17) is 10.4 Å². The second-order valence-corrected chi connectivity index (χ2v) is 7.08. The number of carbonyl (C=O) groups is 1. The maximum Gasteiger partial charge on any atom is 0.259 e. The lowest BCUT2D eigenvalue weighted by Gasteiger charge is -2.16. The minimum absolute atomic E-state index is 0.153. The Morgan fingerprint density at radius 3 is 2.54 bits per heavy atom. The van der Waals surface area contributed by atoms with Gasteiger partial charge in [-0.2, -0.15) is 10.4 Å². The normalized spacial score (nSPS) is 14.0. The number of aromatic nitrogens is 3. The Hall–Kier alpha value is -3.46. The van der Waals surface area contributed by atoms with Gasteiger partial charge in [-0.05, 0) is 43.2 Å². The molecule has 28 heavy (non-hydrogen) atoms. The summed E-state index contributed by atoms with van der Waals surface area (Å²) in [6.45, 7) is 0. The summed E-state index contributed by atoms with van der Waals surface area (Å²) in [7, 11) is 1.67. The van der Waals surface area contributed by atoms with Crippen LogP contribution in [0.5, 0.6) is 0 Å². The molecule has 1 saturated carbocycles. The fourth-order valence-electron chi connectivity index (χ4n) is 3.60. The third-order valence-electron chi connectivity index (χ3n) is 5.26. The van der Waals surface area contributed by atoms with Crippen LogP contribution in [0.2, 0.25) is 0 Å². The Labute approximate surface area is 164 Å². The van der Waals surface area contributed by atoms with E-state index < -0.39 is 0 Å². The van der Waals surface area contributed by atoms with Crippen molar-refractivity contribution in [2.75, 3.05) is 11.9 Å². The van der Waals surface area contributed by atoms with Crippen molar-refractivity contribution in [3.05, 3.63) is 66.0 Å². The van der Waals surface area contributed by atoms with E-state index in [9.17, 15) is 4.79 Å². The molecule has 0 saturated heterocycles. The summed E-state index contributed by atoms with van der Waals surface area (Å²) in [5.41, 5.74) is 2.96. The highest BCUT2D eigenvalue weighted by Gasteiger charge is 2.18. The smallest absolute Gasteiger partial charge is 0.259 e. The van der Waals surface area contributed by atoms with E-state index in [1.165, 1.54) is 36.8 Å². The average molecular weight is 371 g/mol. The first-order valence-corrected chi connectivity index (χ1v) is 9.45. The van der Waals surface area contributed by atoms with Crippen LogP contribution >= 0.6 is 0 Å². The monoisotopic (exact) mass is 371 g/mol. The van der Waals surface area contributed by atoms with Crippen LogP contribution in [-0.4, -0.2) is 27.7 Å². The van der Waals surface area contributed by atoms with Crippen molar-refractivity contribution in [2.24, 2.45) is 0 Å². The average Bonchev–Trinajstić information content (AvgIpc) is 3.45. The van der Waals surface area contributed by atoms with Gasteiger partial charge in [0.2, 0.25) is 0 Å². The molecule has 0 bridgehead atoms. The van der Waals surface area contributed by atoms with Gasteiger partial charge in [0, 0.05) is 30.6 Å². The fourth-order valence-corrected chi connectivity index (χ4v) is 3.60. The van der Waals surface area contributed by atoms with Crippen LogP contribution in [0.1, 0.15) is 47.6 Å². The van der Waals surface area contributed by atoms with Crippen molar-refractivity contribution in [1.29, 1.82) is 5.26 Å². The van der Waals surface area contributed by atoms with E-state index >= 15 is 0 Å².